The van der Waals surface area contributed by atoms with Gasteiger partial charge in [-0.25, -0.2) is 15.0 Å². The van der Waals surface area contributed by atoms with Gasteiger partial charge in [-0.15, -0.1) is 0 Å². The van der Waals surface area contributed by atoms with Crippen molar-refractivity contribution in [3.05, 3.63) is 42.2 Å². The number of nitrogens with zero attached hydrogens (tertiary/aromatic N) is 5. The minimum atomic E-state index is -1.56. The summed E-state index contributed by atoms with van der Waals surface area (Å²) in [6.45, 7) is 1.62. The Labute approximate surface area is 166 Å². The average molecular weight is 396 g/mol. The number of aromatic nitrogens is 5. The fraction of sp³-hybridized carbons (Fsp3) is 0.316. The number of carbonyl (C=O) groups is 1. The zero-order valence-electron chi connectivity index (χ0n) is 15.8. The minimum Gasteiger partial charge on any atom is -0.481 e. The monoisotopic (exact) mass is 396 g/mol. The first-order valence-electron chi connectivity index (χ1n) is 8.89. The summed E-state index contributed by atoms with van der Waals surface area (Å²) in [4.78, 5) is 28.1. The van der Waals surface area contributed by atoms with E-state index >= 15 is 0 Å². The maximum Gasteiger partial charge on any atom is 0.309 e. The molecule has 3 rings (SSSR count). The van der Waals surface area contributed by atoms with Crippen LogP contribution < -0.4 is 5.32 Å². The van der Waals surface area contributed by atoms with Crippen molar-refractivity contribution in [2.24, 2.45) is 5.92 Å². The Morgan fingerprint density at radius 1 is 1.31 bits per heavy atom. The van der Waals surface area contributed by atoms with Gasteiger partial charge in [-0.3, -0.25) is 14.3 Å². The van der Waals surface area contributed by atoms with Crippen LogP contribution in [0.5, 0.6) is 0 Å². The topological polar surface area (TPSA) is 146 Å². The molecule has 0 unspecified atom stereocenters. The highest BCUT2D eigenvalue weighted by Gasteiger charge is 2.32. The van der Waals surface area contributed by atoms with Gasteiger partial charge < -0.3 is 20.6 Å². The summed E-state index contributed by atoms with van der Waals surface area (Å²) >= 11 is 0. The molecule has 0 aromatic carbocycles. The van der Waals surface area contributed by atoms with Crippen molar-refractivity contribution in [3.63, 3.8) is 0 Å². The number of imidazole rings is 1. The molecule has 0 aliphatic carbocycles. The first kappa shape index (κ1) is 20.2. The van der Waals surface area contributed by atoms with Crippen LogP contribution in [0.1, 0.15) is 31.0 Å². The van der Waals surface area contributed by atoms with Crippen LogP contribution in [0.3, 0.4) is 0 Å². The van der Waals surface area contributed by atoms with Crippen LogP contribution in [0.2, 0.25) is 0 Å². The summed E-state index contributed by atoms with van der Waals surface area (Å²) in [6, 6.07) is 3.55. The van der Waals surface area contributed by atoms with Crippen LogP contribution in [0.15, 0.2) is 30.9 Å². The number of fused-ring (bicyclic) bond motifs is 1. The average Bonchev–Trinajstić information content (AvgIpc) is 3.16. The number of aliphatic hydroxyl groups is 2. The molecule has 4 N–H and O–H groups in total. The number of carboxylic acid groups (broad SMARTS) is 1. The molecule has 0 radical (unpaired) electrons. The van der Waals surface area contributed by atoms with Crippen LogP contribution in [0.4, 0.5) is 5.82 Å². The molecule has 0 bridgehead atoms. The second-order valence-corrected chi connectivity index (χ2v) is 6.22. The first-order chi connectivity index (χ1) is 14.0. The van der Waals surface area contributed by atoms with Crippen LogP contribution in [-0.2, 0) is 4.79 Å². The molecule has 3 aromatic heterocycles. The number of aliphatic carboxylic acids is 1. The van der Waals surface area contributed by atoms with Crippen molar-refractivity contribution >= 4 is 23.0 Å². The number of nitrogens with one attached hydrogen (secondary N) is 1. The van der Waals surface area contributed by atoms with Gasteiger partial charge in [0.05, 0.1) is 12.2 Å². The highest BCUT2D eigenvalue weighted by molar-refractivity contribution is 5.83. The van der Waals surface area contributed by atoms with Crippen LogP contribution in [-0.4, -0.2) is 58.9 Å². The SMILES string of the molecule is CC[C@H](C(=O)O)[C@@H](O)[C@@H](O)n1cnc2c(NC)nc(C#Cc3cccnc3)nc21. The molecule has 150 valence electrons. The fourth-order valence-corrected chi connectivity index (χ4v) is 2.84. The minimum absolute atomic E-state index is 0.152. The van der Waals surface area contributed by atoms with Crippen LogP contribution in [0.25, 0.3) is 11.2 Å². The molecule has 3 heterocycles. The summed E-state index contributed by atoms with van der Waals surface area (Å²) < 4.78 is 1.21. The third-order valence-corrected chi connectivity index (χ3v) is 4.40. The molecule has 0 aliphatic heterocycles. The van der Waals surface area contributed by atoms with Gasteiger partial charge in [0.2, 0.25) is 5.82 Å². The van der Waals surface area contributed by atoms with E-state index in [4.69, 9.17) is 0 Å². The van der Waals surface area contributed by atoms with E-state index < -0.39 is 24.2 Å². The van der Waals surface area contributed by atoms with Gasteiger partial charge in [-0.1, -0.05) is 12.8 Å². The lowest BCUT2D eigenvalue weighted by Gasteiger charge is -2.23. The number of hydrogen-bond donors (Lipinski definition) is 4. The van der Waals surface area contributed by atoms with Gasteiger partial charge in [-0.05, 0) is 24.5 Å². The number of hydrogen-bond acceptors (Lipinski definition) is 8. The van der Waals surface area contributed by atoms with E-state index in [2.05, 4.69) is 37.1 Å². The van der Waals surface area contributed by atoms with Crippen molar-refractivity contribution < 1.29 is 20.1 Å². The second kappa shape index (κ2) is 8.64. The Morgan fingerprint density at radius 3 is 2.72 bits per heavy atom. The molecule has 0 amide bonds. The Kier molecular flexibility index (Phi) is 6.01. The highest BCUT2D eigenvalue weighted by atomic mass is 16.4. The van der Waals surface area contributed by atoms with E-state index in [0.717, 1.165) is 0 Å². The van der Waals surface area contributed by atoms with Gasteiger partial charge in [0.25, 0.3) is 0 Å². The van der Waals surface area contributed by atoms with E-state index in [1.807, 2.05) is 0 Å². The predicted molar refractivity (Wildman–Crippen MR) is 104 cm³/mol. The molecule has 10 heteroatoms. The quantitative estimate of drug-likeness (QED) is 0.440. The Morgan fingerprint density at radius 2 is 2.10 bits per heavy atom. The number of carboxylic acids is 1. The van der Waals surface area contributed by atoms with Gasteiger partial charge >= 0.3 is 5.97 Å². The zero-order valence-corrected chi connectivity index (χ0v) is 15.8. The summed E-state index contributed by atoms with van der Waals surface area (Å²) in [5.41, 5.74) is 1.25. The maximum absolute atomic E-state index is 11.3. The van der Waals surface area contributed by atoms with Gasteiger partial charge in [0.1, 0.15) is 6.10 Å². The van der Waals surface area contributed by atoms with E-state index in [-0.39, 0.29) is 17.9 Å². The molecule has 0 saturated carbocycles. The van der Waals surface area contributed by atoms with E-state index in [9.17, 15) is 20.1 Å². The number of rotatable bonds is 6. The van der Waals surface area contributed by atoms with Crippen molar-refractivity contribution in [2.45, 2.75) is 25.7 Å². The van der Waals surface area contributed by atoms with Crippen molar-refractivity contribution in [3.8, 4) is 11.8 Å². The van der Waals surface area contributed by atoms with Gasteiger partial charge in [0.15, 0.2) is 23.2 Å². The lowest BCUT2D eigenvalue weighted by molar-refractivity contribution is -0.152. The molecule has 0 fully saturated rings. The van der Waals surface area contributed by atoms with Gasteiger partial charge in [-0.2, -0.15) is 0 Å². The van der Waals surface area contributed by atoms with Crippen molar-refractivity contribution in [2.75, 3.05) is 12.4 Å². The van der Waals surface area contributed by atoms with Gasteiger partial charge in [0, 0.05) is 25.0 Å². The normalized spacial score (nSPS) is 13.9. The summed E-state index contributed by atoms with van der Waals surface area (Å²) in [5, 5.41) is 33.1. The smallest absolute Gasteiger partial charge is 0.309 e. The number of anilines is 1. The molecule has 3 aromatic rings. The molecule has 3 atom stereocenters. The molecule has 0 saturated heterocycles. The Balaban J connectivity index is 2.04. The van der Waals surface area contributed by atoms with Crippen molar-refractivity contribution in [1.82, 2.24) is 24.5 Å². The summed E-state index contributed by atoms with van der Waals surface area (Å²) in [7, 11) is 1.65. The third kappa shape index (κ3) is 4.16. The Hall–Kier alpha value is -3.55. The van der Waals surface area contributed by atoms with Crippen molar-refractivity contribution in [1.29, 1.82) is 0 Å². The predicted octanol–water partition coefficient (Wildman–Crippen LogP) is 0.625. The van der Waals surface area contributed by atoms with Crippen LogP contribution in [0, 0.1) is 17.8 Å². The zero-order chi connectivity index (χ0) is 21.0. The number of pyridine rings is 1. The van der Waals surface area contributed by atoms with E-state index in [1.54, 1.807) is 38.5 Å². The molecule has 0 spiro atoms. The summed E-state index contributed by atoms with van der Waals surface area (Å²) in [6.07, 6.45) is 1.57. The molecular weight excluding hydrogens is 376 g/mol. The first-order valence-corrected chi connectivity index (χ1v) is 8.89. The molecule has 10 nitrogen and oxygen atoms in total. The lowest BCUT2D eigenvalue weighted by Crippen LogP contribution is -2.35. The molecular formula is C19H20N6O4. The second-order valence-electron chi connectivity index (χ2n) is 6.22. The standard InChI is InChI=1S/C19H20N6O4/c1-3-12(19(28)29)15(26)18(27)25-10-22-14-16(20-2)23-13(24-17(14)25)7-6-11-5-4-8-21-9-11/h4-5,8-10,12,15,18,26-27H,3H2,1-2H3,(H,28,29)(H,20,23,24)/t12-,15+,18+/m0/s1. The maximum atomic E-state index is 11.3. The summed E-state index contributed by atoms with van der Waals surface area (Å²) in [5.74, 6) is 3.95. The Bertz CT molecular complexity index is 1070. The molecule has 29 heavy (non-hydrogen) atoms. The lowest BCUT2D eigenvalue weighted by atomic mass is 9.98. The van der Waals surface area contributed by atoms with Crippen LogP contribution >= 0.6 is 0 Å². The molecule has 0 aliphatic rings. The third-order valence-electron chi connectivity index (χ3n) is 4.40. The fourth-order valence-electron chi connectivity index (χ4n) is 2.84. The van der Waals surface area contributed by atoms with E-state index in [1.165, 1.54) is 10.9 Å². The highest BCUT2D eigenvalue weighted by Crippen LogP contribution is 2.25. The van der Waals surface area contributed by atoms with E-state index in [0.29, 0.717) is 16.9 Å². The largest absolute Gasteiger partial charge is 0.481 e. The number of aliphatic hydroxyl groups excluding tert-OH is 2.